The predicted molar refractivity (Wildman–Crippen MR) is 87.3 cm³/mol. The number of hydrogen-bond donors (Lipinski definition) is 0. The third kappa shape index (κ3) is 2.80. The molecule has 3 rings (SSSR count). The molecule has 0 saturated heterocycles. The van der Waals surface area contributed by atoms with E-state index in [0.717, 1.165) is 12.3 Å². The van der Waals surface area contributed by atoms with Gasteiger partial charge in [0.1, 0.15) is 0 Å². The fraction of sp³-hybridized carbons (Fsp3) is 0.412. The Kier molecular flexibility index (Phi) is 4.09. The molecule has 1 aliphatic carbocycles. The minimum absolute atomic E-state index is 0.518. The summed E-state index contributed by atoms with van der Waals surface area (Å²) in [4.78, 5) is 3.58. The van der Waals surface area contributed by atoms with Gasteiger partial charge in [0.15, 0.2) is 0 Å². The summed E-state index contributed by atoms with van der Waals surface area (Å²) in [5.74, 6) is 0.734. The van der Waals surface area contributed by atoms with E-state index in [0.29, 0.717) is 4.83 Å². The largest absolute Gasteiger partial charge is 0.145 e. The standard InChI is InChI=1S/C17H19BrS/c1-2-14-9-10-15(19-14)11-13-8-7-12-5-3-4-6-16(12)17(13)18/h3-6,9-10,13,17H,2,7-8,11H2,1H3. The second-order valence-electron chi connectivity index (χ2n) is 5.33. The van der Waals surface area contributed by atoms with Gasteiger partial charge in [-0.15, -0.1) is 11.3 Å². The zero-order chi connectivity index (χ0) is 13.2. The Morgan fingerprint density at radius 2 is 1.95 bits per heavy atom. The van der Waals surface area contributed by atoms with Crippen molar-refractivity contribution in [2.75, 3.05) is 0 Å². The molecule has 19 heavy (non-hydrogen) atoms. The number of thiophene rings is 1. The van der Waals surface area contributed by atoms with Crippen LogP contribution in [-0.4, -0.2) is 0 Å². The fourth-order valence-corrected chi connectivity index (χ4v) is 4.91. The van der Waals surface area contributed by atoms with Crippen LogP contribution in [0.3, 0.4) is 0 Å². The molecule has 1 heterocycles. The van der Waals surface area contributed by atoms with Crippen molar-refractivity contribution in [2.24, 2.45) is 5.92 Å². The van der Waals surface area contributed by atoms with Gasteiger partial charge >= 0.3 is 0 Å². The Balaban J connectivity index is 1.76. The monoisotopic (exact) mass is 334 g/mol. The minimum atomic E-state index is 0.518. The Morgan fingerprint density at radius 3 is 2.74 bits per heavy atom. The number of benzene rings is 1. The van der Waals surface area contributed by atoms with Crippen LogP contribution in [0.25, 0.3) is 0 Å². The van der Waals surface area contributed by atoms with E-state index in [1.165, 1.54) is 35.3 Å². The predicted octanol–water partition coefficient (Wildman–Crippen LogP) is 5.55. The molecule has 0 spiro atoms. The first-order chi connectivity index (χ1) is 9.28. The first-order valence-corrected chi connectivity index (χ1v) is 8.80. The van der Waals surface area contributed by atoms with Gasteiger partial charge in [0.05, 0.1) is 0 Å². The van der Waals surface area contributed by atoms with Gasteiger partial charge in [0, 0.05) is 14.6 Å². The maximum absolute atomic E-state index is 3.94. The van der Waals surface area contributed by atoms with Gasteiger partial charge in [-0.05, 0) is 54.9 Å². The summed E-state index contributed by atoms with van der Waals surface area (Å²) < 4.78 is 0. The third-order valence-electron chi connectivity index (χ3n) is 4.08. The van der Waals surface area contributed by atoms with Gasteiger partial charge < -0.3 is 0 Å². The number of aryl methyl sites for hydroxylation is 2. The van der Waals surface area contributed by atoms with E-state index < -0.39 is 0 Å². The zero-order valence-electron chi connectivity index (χ0n) is 11.2. The number of halogens is 1. The van der Waals surface area contributed by atoms with Crippen LogP contribution in [-0.2, 0) is 19.3 Å². The van der Waals surface area contributed by atoms with E-state index >= 15 is 0 Å². The summed E-state index contributed by atoms with van der Waals surface area (Å²) in [5.41, 5.74) is 3.03. The number of hydrogen-bond acceptors (Lipinski definition) is 1. The quantitative estimate of drug-likeness (QED) is 0.645. The molecule has 0 fully saturated rings. The van der Waals surface area contributed by atoms with Gasteiger partial charge in [0.2, 0.25) is 0 Å². The lowest BCUT2D eigenvalue weighted by Gasteiger charge is -2.29. The second-order valence-corrected chi connectivity index (χ2v) is 7.56. The van der Waals surface area contributed by atoms with Crippen molar-refractivity contribution in [3.63, 3.8) is 0 Å². The highest BCUT2D eigenvalue weighted by atomic mass is 79.9. The Morgan fingerprint density at radius 1 is 1.16 bits per heavy atom. The number of alkyl halides is 1. The average Bonchev–Trinajstić information content (AvgIpc) is 2.90. The molecule has 100 valence electrons. The molecule has 2 aromatic rings. The van der Waals surface area contributed by atoms with Crippen molar-refractivity contribution in [1.29, 1.82) is 0 Å². The van der Waals surface area contributed by atoms with Crippen LogP contribution in [0.5, 0.6) is 0 Å². The second kappa shape index (κ2) is 5.80. The summed E-state index contributed by atoms with van der Waals surface area (Å²) >= 11 is 5.93. The molecule has 2 unspecified atom stereocenters. The summed E-state index contributed by atoms with van der Waals surface area (Å²) in [7, 11) is 0. The van der Waals surface area contributed by atoms with Crippen molar-refractivity contribution in [3.05, 3.63) is 57.3 Å². The van der Waals surface area contributed by atoms with Crippen molar-refractivity contribution in [3.8, 4) is 0 Å². The molecule has 2 atom stereocenters. The molecule has 0 nitrogen and oxygen atoms in total. The lowest BCUT2D eigenvalue weighted by atomic mass is 9.82. The van der Waals surface area contributed by atoms with Gasteiger partial charge in [-0.2, -0.15) is 0 Å². The third-order valence-corrected chi connectivity index (χ3v) is 6.57. The molecule has 0 saturated carbocycles. The maximum Gasteiger partial charge on any atom is 0.0429 e. The molecule has 1 aromatic carbocycles. The minimum Gasteiger partial charge on any atom is -0.145 e. The van der Waals surface area contributed by atoms with E-state index in [9.17, 15) is 0 Å². The number of rotatable bonds is 3. The molecule has 0 aliphatic heterocycles. The molecular weight excluding hydrogens is 316 g/mol. The lowest BCUT2D eigenvalue weighted by Crippen LogP contribution is -2.18. The van der Waals surface area contributed by atoms with Crippen LogP contribution in [0, 0.1) is 5.92 Å². The van der Waals surface area contributed by atoms with Gasteiger partial charge in [-0.3, -0.25) is 0 Å². The topological polar surface area (TPSA) is 0 Å². The average molecular weight is 335 g/mol. The lowest BCUT2D eigenvalue weighted by molar-refractivity contribution is 0.455. The van der Waals surface area contributed by atoms with Crippen molar-refractivity contribution in [2.45, 2.75) is 37.4 Å². The van der Waals surface area contributed by atoms with Crippen molar-refractivity contribution in [1.82, 2.24) is 0 Å². The van der Waals surface area contributed by atoms with E-state index in [-0.39, 0.29) is 0 Å². The van der Waals surface area contributed by atoms with Crippen molar-refractivity contribution >= 4 is 27.3 Å². The zero-order valence-corrected chi connectivity index (χ0v) is 13.6. The highest BCUT2D eigenvalue weighted by molar-refractivity contribution is 9.09. The summed E-state index contributed by atoms with van der Waals surface area (Å²) in [6.07, 6.45) is 4.91. The van der Waals surface area contributed by atoms with E-state index in [1.807, 2.05) is 11.3 Å². The van der Waals surface area contributed by atoms with E-state index in [2.05, 4.69) is 59.3 Å². The van der Waals surface area contributed by atoms with E-state index in [4.69, 9.17) is 0 Å². The smallest absolute Gasteiger partial charge is 0.0429 e. The van der Waals surface area contributed by atoms with Crippen LogP contribution >= 0.6 is 27.3 Å². The highest BCUT2D eigenvalue weighted by Gasteiger charge is 2.27. The molecule has 1 aromatic heterocycles. The molecule has 0 amide bonds. The molecule has 0 bridgehead atoms. The Labute approximate surface area is 128 Å². The molecule has 1 aliphatic rings. The Hall–Kier alpha value is -0.600. The van der Waals surface area contributed by atoms with Gasteiger partial charge in [0.25, 0.3) is 0 Å². The van der Waals surface area contributed by atoms with Crippen LogP contribution in [0.2, 0.25) is 0 Å². The molecule has 2 heteroatoms. The van der Waals surface area contributed by atoms with Crippen LogP contribution in [0.1, 0.15) is 39.1 Å². The van der Waals surface area contributed by atoms with Crippen molar-refractivity contribution < 1.29 is 0 Å². The molecule has 0 radical (unpaired) electrons. The first kappa shape index (κ1) is 13.4. The fourth-order valence-electron chi connectivity index (χ4n) is 2.96. The molecule has 0 N–H and O–H groups in total. The van der Waals surface area contributed by atoms with Gasteiger partial charge in [-0.25, -0.2) is 0 Å². The van der Waals surface area contributed by atoms with Crippen LogP contribution < -0.4 is 0 Å². The summed E-state index contributed by atoms with van der Waals surface area (Å²) in [5, 5.41) is 0. The highest BCUT2D eigenvalue weighted by Crippen LogP contribution is 2.42. The SMILES string of the molecule is CCc1ccc(CC2CCc3ccccc3C2Br)s1. The normalized spacial score (nSPS) is 22.2. The molecular formula is C17H19BrS. The number of fused-ring (bicyclic) bond motifs is 1. The van der Waals surface area contributed by atoms with Crippen LogP contribution in [0.15, 0.2) is 36.4 Å². The van der Waals surface area contributed by atoms with E-state index in [1.54, 1.807) is 4.88 Å². The maximum atomic E-state index is 3.94. The van der Waals surface area contributed by atoms with Gasteiger partial charge in [-0.1, -0.05) is 47.1 Å². The summed E-state index contributed by atoms with van der Waals surface area (Å²) in [6.45, 7) is 2.24. The van der Waals surface area contributed by atoms with Crippen LogP contribution in [0.4, 0.5) is 0 Å². The Bertz CT molecular complexity index is 558. The summed E-state index contributed by atoms with van der Waals surface area (Å²) in [6, 6.07) is 13.5. The first-order valence-electron chi connectivity index (χ1n) is 7.07.